The summed E-state index contributed by atoms with van der Waals surface area (Å²) in [5.74, 6) is -1.03. The molecule has 0 radical (unpaired) electrons. The van der Waals surface area contributed by atoms with Gasteiger partial charge >= 0.3 is 0 Å². The van der Waals surface area contributed by atoms with E-state index in [-0.39, 0.29) is 58.4 Å². The van der Waals surface area contributed by atoms with Crippen molar-refractivity contribution < 1.29 is 27.9 Å². The first-order valence-corrected chi connectivity index (χ1v) is 16.2. The maximum atomic E-state index is 13.8. The molecule has 1 aromatic heterocycles. The van der Waals surface area contributed by atoms with Gasteiger partial charge in [0.15, 0.2) is 10.8 Å². The van der Waals surface area contributed by atoms with Gasteiger partial charge in [-0.2, -0.15) is 4.31 Å². The van der Waals surface area contributed by atoms with E-state index in [0.717, 1.165) is 10.3 Å². The number of likely N-dealkylation sites (N-methyl/N-ethyl adjacent to an activating group) is 1. The highest BCUT2D eigenvalue weighted by Gasteiger charge is 2.36. The van der Waals surface area contributed by atoms with E-state index in [1.165, 1.54) is 22.7 Å². The lowest BCUT2D eigenvalue weighted by atomic mass is 9.99. The van der Waals surface area contributed by atoms with Crippen LogP contribution < -0.4 is 10.1 Å². The quantitative estimate of drug-likeness (QED) is 0.298. The van der Waals surface area contributed by atoms with E-state index in [1.807, 2.05) is 38.1 Å². The molecule has 0 bridgehead atoms. The van der Waals surface area contributed by atoms with Gasteiger partial charge in [0.05, 0.1) is 45.6 Å². The molecule has 3 atom stereocenters. The number of anilines is 1. The normalized spacial score (nSPS) is 18.1. The second-order valence-electron chi connectivity index (χ2n) is 10.8. The van der Waals surface area contributed by atoms with Gasteiger partial charge in [0.2, 0.25) is 10.0 Å². The average molecular weight is 623 g/mol. The van der Waals surface area contributed by atoms with E-state index in [4.69, 9.17) is 4.74 Å². The van der Waals surface area contributed by atoms with Crippen LogP contribution in [0, 0.1) is 12.8 Å². The number of benzene rings is 3. The van der Waals surface area contributed by atoms with Gasteiger partial charge in [0.1, 0.15) is 6.10 Å². The molecule has 226 valence electrons. The molecule has 0 aliphatic carbocycles. The Balaban J connectivity index is 1.51. The molecular formula is C31H34N4O6S2. The van der Waals surface area contributed by atoms with E-state index in [0.29, 0.717) is 5.52 Å². The molecule has 5 rings (SSSR count). The first-order chi connectivity index (χ1) is 20.5. The summed E-state index contributed by atoms with van der Waals surface area (Å²) in [6.45, 7) is 5.45. The molecule has 0 spiro atoms. The number of ether oxygens (including phenoxy) is 1. The first-order valence-electron chi connectivity index (χ1n) is 13.9. The van der Waals surface area contributed by atoms with E-state index in [1.54, 1.807) is 54.3 Å². The van der Waals surface area contributed by atoms with Gasteiger partial charge in [-0.15, -0.1) is 11.3 Å². The predicted molar refractivity (Wildman–Crippen MR) is 166 cm³/mol. The molecule has 3 aromatic carbocycles. The zero-order valence-corrected chi connectivity index (χ0v) is 26.0. The number of sulfonamides is 1. The number of aromatic nitrogens is 1. The summed E-state index contributed by atoms with van der Waals surface area (Å²) >= 11 is 1.25. The lowest BCUT2D eigenvalue weighted by Crippen LogP contribution is -2.50. The van der Waals surface area contributed by atoms with Crippen molar-refractivity contribution in [1.82, 2.24) is 14.2 Å². The van der Waals surface area contributed by atoms with Crippen molar-refractivity contribution in [3.63, 3.8) is 0 Å². The van der Waals surface area contributed by atoms with Crippen molar-refractivity contribution in [3.05, 3.63) is 82.9 Å². The molecule has 0 saturated carbocycles. The summed E-state index contributed by atoms with van der Waals surface area (Å²) in [5.41, 5.74) is 2.10. The van der Waals surface area contributed by atoms with Crippen molar-refractivity contribution in [2.45, 2.75) is 37.8 Å². The molecule has 0 fully saturated rings. The number of nitrogens with zero attached hydrogens (tertiary/aromatic N) is 3. The highest BCUT2D eigenvalue weighted by molar-refractivity contribution is 7.89. The predicted octanol–water partition coefficient (Wildman–Crippen LogP) is 4.40. The molecule has 12 heteroatoms. The largest absolute Gasteiger partial charge is 0.486 e. The van der Waals surface area contributed by atoms with Crippen LogP contribution in [0.1, 0.15) is 39.6 Å². The molecular weight excluding hydrogens is 588 g/mol. The Hall–Kier alpha value is -3.84. The van der Waals surface area contributed by atoms with Crippen LogP contribution in [-0.4, -0.2) is 78.4 Å². The Morgan fingerprint density at radius 1 is 1.16 bits per heavy atom. The van der Waals surface area contributed by atoms with E-state index < -0.39 is 28.1 Å². The molecule has 4 aromatic rings. The summed E-state index contributed by atoms with van der Waals surface area (Å²) in [6.07, 6.45) is -0.703. The van der Waals surface area contributed by atoms with Gasteiger partial charge < -0.3 is 20.1 Å². The van der Waals surface area contributed by atoms with Crippen LogP contribution in [0.25, 0.3) is 10.2 Å². The lowest BCUT2D eigenvalue weighted by molar-refractivity contribution is 0.0388. The average Bonchev–Trinajstić information content (AvgIpc) is 3.44. The molecule has 2 N–H and O–H groups in total. The van der Waals surface area contributed by atoms with Gasteiger partial charge in [0.25, 0.3) is 11.8 Å². The van der Waals surface area contributed by atoms with E-state index in [9.17, 15) is 23.1 Å². The van der Waals surface area contributed by atoms with Gasteiger partial charge in [-0.1, -0.05) is 42.8 Å². The first kappa shape index (κ1) is 30.6. The lowest BCUT2D eigenvalue weighted by Gasteiger charge is -2.38. The standard InChI is InChI=1S/C31H34N4O6S2/c1-19-12-14-22(15-13-19)43(39,40)34(4)17-26-20(2)16-35(21(3)18-36)31(38)23-8-7-10-25(28(23)41-26)32-29(37)30-33-24-9-5-6-11-27(24)42-30/h5-15,20-21,26,36H,16-18H2,1-4H3,(H,32,37)/t20-,21+,26-/m0/s1. The molecule has 1 aliphatic heterocycles. The van der Waals surface area contributed by atoms with Crippen molar-refractivity contribution in [2.75, 3.05) is 32.1 Å². The monoisotopic (exact) mass is 622 g/mol. The van der Waals surface area contributed by atoms with E-state index in [2.05, 4.69) is 10.3 Å². The zero-order valence-electron chi connectivity index (χ0n) is 24.4. The molecule has 2 amide bonds. The van der Waals surface area contributed by atoms with Crippen LogP contribution in [0.4, 0.5) is 5.69 Å². The third-order valence-electron chi connectivity index (χ3n) is 7.59. The minimum Gasteiger partial charge on any atom is -0.486 e. The molecule has 10 nitrogen and oxygen atoms in total. The van der Waals surface area contributed by atoms with Gasteiger partial charge in [0, 0.05) is 19.5 Å². The minimum atomic E-state index is -3.84. The zero-order chi connectivity index (χ0) is 30.9. The van der Waals surface area contributed by atoms with Crippen molar-refractivity contribution in [1.29, 1.82) is 0 Å². The number of aliphatic hydroxyl groups excluding tert-OH is 1. The van der Waals surface area contributed by atoms with Gasteiger partial charge in [-0.05, 0) is 50.2 Å². The number of hydrogen-bond donors (Lipinski definition) is 2. The molecule has 43 heavy (non-hydrogen) atoms. The van der Waals surface area contributed by atoms with Crippen LogP contribution in [-0.2, 0) is 10.0 Å². The molecule has 0 saturated heterocycles. The second kappa shape index (κ2) is 12.4. The van der Waals surface area contributed by atoms with Crippen molar-refractivity contribution in [2.24, 2.45) is 5.92 Å². The SMILES string of the molecule is Cc1ccc(S(=O)(=O)N(C)C[C@@H]2Oc3c(NC(=O)c4nc5ccccc5s4)cccc3C(=O)N([C@H](C)CO)C[C@@H]2C)cc1. The molecule has 1 aliphatic rings. The number of carbonyl (C=O) groups excluding carboxylic acids is 2. The fraction of sp³-hybridized carbons (Fsp3) is 0.323. The number of carbonyl (C=O) groups is 2. The molecule has 2 heterocycles. The van der Waals surface area contributed by atoms with Crippen LogP contribution in [0.5, 0.6) is 5.75 Å². The second-order valence-corrected chi connectivity index (χ2v) is 13.9. The number of aliphatic hydroxyl groups is 1. The highest BCUT2D eigenvalue weighted by atomic mass is 32.2. The third-order valence-corrected chi connectivity index (χ3v) is 10.5. The highest BCUT2D eigenvalue weighted by Crippen LogP contribution is 2.36. The summed E-state index contributed by atoms with van der Waals surface area (Å²) in [7, 11) is -2.35. The molecule has 0 unspecified atom stereocenters. The number of thiazole rings is 1. The number of amides is 2. The fourth-order valence-electron chi connectivity index (χ4n) is 4.95. The minimum absolute atomic E-state index is 0.0213. The maximum Gasteiger partial charge on any atom is 0.284 e. The number of rotatable bonds is 8. The van der Waals surface area contributed by atoms with E-state index >= 15 is 0 Å². The van der Waals surface area contributed by atoms with Crippen LogP contribution in [0.3, 0.4) is 0 Å². The van der Waals surface area contributed by atoms with Crippen molar-refractivity contribution >= 4 is 49.1 Å². The Kier molecular flexibility index (Phi) is 8.84. The Labute approximate surface area is 255 Å². The topological polar surface area (TPSA) is 129 Å². The van der Waals surface area contributed by atoms with Crippen LogP contribution in [0.2, 0.25) is 0 Å². The Bertz CT molecular complexity index is 1720. The number of aryl methyl sites for hydroxylation is 1. The smallest absolute Gasteiger partial charge is 0.284 e. The van der Waals surface area contributed by atoms with Gasteiger partial charge in [-0.3, -0.25) is 9.59 Å². The summed E-state index contributed by atoms with van der Waals surface area (Å²) in [5, 5.41) is 13.1. The Morgan fingerprint density at radius 3 is 2.58 bits per heavy atom. The third kappa shape index (κ3) is 6.28. The number of para-hydroxylation sites is 2. The number of hydrogen-bond acceptors (Lipinski definition) is 8. The summed E-state index contributed by atoms with van der Waals surface area (Å²) in [6, 6.07) is 18.4. The van der Waals surface area contributed by atoms with Crippen LogP contribution >= 0.6 is 11.3 Å². The Morgan fingerprint density at radius 2 is 1.88 bits per heavy atom. The number of nitrogens with one attached hydrogen (secondary N) is 1. The van der Waals surface area contributed by atoms with Gasteiger partial charge in [-0.25, -0.2) is 13.4 Å². The summed E-state index contributed by atoms with van der Waals surface area (Å²) in [4.78, 5) is 33.2. The van der Waals surface area contributed by atoms with Crippen LogP contribution in [0.15, 0.2) is 71.6 Å². The summed E-state index contributed by atoms with van der Waals surface area (Å²) < 4.78 is 35.5. The number of fused-ring (bicyclic) bond motifs is 2. The maximum absolute atomic E-state index is 13.8. The van der Waals surface area contributed by atoms with Crippen molar-refractivity contribution in [3.8, 4) is 5.75 Å². The fourth-order valence-corrected chi connectivity index (χ4v) is 6.99.